The Bertz CT molecular complexity index is 952. The summed E-state index contributed by atoms with van der Waals surface area (Å²) in [5, 5.41) is 7.52. The minimum absolute atomic E-state index is 0.0748. The smallest absolute Gasteiger partial charge is 0.270 e. The summed E-state index contributed by atoms with van der Waals surface area (Å²) in [5.74, 6) is 0.908. The number of pyridine rings is 1. The standard InChI is InChI=1S/C18H21N7O/c1-12-10-16(24(2)23-12)25-9-3-4-13(11-25)21-18(26)15-6-5-14-17(22-15)20-8-7-19-14/h5-8,10,13H,3-4,9,11H2,1-2H3,(H,21,26). The molecule has 1 fully saturated rings. The van der Waals surface area contributed by atoms with Crippen LogP contribution in [0.1, 0.15) is 29.0 Å². The molecule has 1 unspecified atom stereocenters. The molecule has 1 amide bonds. The Balaban J connectivity index is 1.47. The lowest BCUT2D eigenvalue weighted by Gasteiger charge is -2.34. The van der Waals surface area contributed by atoms with E-state index < -0.39 is 0 Å². The van der Waals surface area contributed by atoms with Crippen molar-refractivity contribution in [3.8, 4) is 0 Å². The van der Waals surface area contributed by atoms with Crippen LogP contribution in [0.5, 0.6) is 0 Å². The molecular formula is C18H21N7O. The Morgan fingerprint density at radius 2 is 2.12 bits per heavy atom. The minimum atomic E-state index is -0.175. The molecule has 3 aromatic heterocycles. The van der Waals surface area contributed by atoms with E-state index in [1.165, 1.54) is 0 Å². The molecule has 1 N–H and O–H groups in total. The molecule has 1 saturated heterocycles. The van der Waals surface area contributed by atoms with Gasteiger partial charge >= 0.3 is 0 Å². The second-order valence-corrected chi connectivity index (χ2v) is 6.62. The number of nitrogens with one attached hydrogen (secondary N) is 1. The minimum Gasteiger partial charge on any atom is -0.355 e. The third-order valence-corrected chi connectivity index (χ3v) is 4.62. The van der Waals surface area contributed by atoms with Crippen molar-refractivity contribution in [2.24, 2.45) is 7.05 Å². The molecule has 1 aliphatic rings. The van der Waals surface area contributed by atoms with Gasteiger partial charge in [-0.3, -0.25) is 14.5 Å². The predicted octanol–water partition coefficient (Wildman–Crippen LogP) is 1.47. The van der Waals surface area contributed by atoms with Crippen molar-refractivity contribution < 1.29 is 4.79 Å². The first-order chi connectivity index (χ1) is 12.6. The summed E-state index contributed by atoms with van der Waals surface area (Å²) in [4.78, 5) is 27.5. The molecule has 0 aromatic carbocycles. The summed E-state index contributed by atoms with van der Waals surface area (Å²) in [6.45, 7) is 3.72. The van der Waals surface area contributed by atoms with Crippen LogP contribution in [0, 0.1) is 6.92 Å². The van der Waals surface area contributed by atoms with Crippen LogP contribution in [0.4, 0.5) is 5.82 Å². The average Bonchev–Trinajstić information content (AvgIpc) is 2.99. The summed E-state index contributed by atoms with van der Waals surface area (Å²) < 4.78 is 1.89. The molecule has 1 atom stereocenters. The van der Waals surface area contributed by atoms with Gasteiger partial charge in [-0.2, -0.15) is 5.10 Å². The van der Waals surface area contributed by atoms with Gasteiger partial charge in [-0.1, -0.05) is 0 Å². The van der Waals surface area contributed by atoms with Gasteiger partial charge in [0, 0.05) is 44.6 Å². The van der Waals surface area contributed by atoms with E-state index in [9.17, 15) is 4.79 Å². The maximum atomic E-state index is 12.6. The number of carbonyl (C=O) groups is 1. The number of hydrogen-bond acceptors (Lipinski definition) is 6. The van der Waals surface area contributed by atoms with Gasteiger partial charge in [-0.05, 0) is 31.9 Å². The molecule has 4 rings (SSSR count). The maximum Gasteiger partial charge on any atom is 0.270 e. The quantitative estimate of drug-likeness (QED) is 0.769. The van der Waals surface area contributed by atoms with Crippen LogP contribution in [0.2, 0.25) is 0 Å². The molecule has 1 aliphatic heterocycles. The van der Waals surface area contributed by atoms with Gasteiger partial charge in [0.2, 0.25) is 0 Å². The molecule has 8 heteroatoms. The number of fused-ring (bicyclic) bond motifs is 1. The van der Waals surface area contributed by atoms with Crippen molar-refractivity contribution in [3.05, 3.63) is 42.0 Å². The van der Waals surface area contributed by atoms with E-state index in [2.05, 4.69) is 36.3 Å². The zero-order valence-electron chi connectivity index (χ0n) is 14.9. The third-order valence-electron chi connectivity index (χ3n) is 4.62. The summed E-state index contributed by atoms with van der Waals surface area (Å²) in [6, 6.07) is 5.62. The second kappa shape index (κ2) is 6.70. The highest BCUT2D eigenvalue weighted by Gasteiger charge is 2.24. The lowest BCUT2D eigenvalue weighted by Crippen LogP contribution is -2.48. The number of nitrogens with zero attached hydrogens (tertiary/aromatic N) is 6. The lowest BCUT2D eigenvalue weighted by atomic mass is 10.1. The predicted molar refractivity (Wildman–Crippen MR) is 98.0 cm³/mol. The van der Waals surface area contributed by atoms with Gasteiger partial charge in [0.1, 0.15) is 17.0 Å². The van der Waals surface area contributed by atoms with Gasteiger partial charge in [-0.15, -0.1) is 0 Å². The fraction of sp³-hybridized carbons (Fsp3) is 0.389. The lowest BCUT2D eigenvalue weighted by molar-refractivity contribution is 0.0928. The first kappa shape index (κ1) is 16.4. The monoisotopic (exact) mass is 351 g/mol. The third kappa shape index (κ3) is 3.22. The van der Waals surface area contributed by atoms with Gasteiger partial charge in [0.05, 0.1) is 5.69 Å². The summed E-state index contributed by atoms with van der Waals surface area (Å²) in [5.41, 5.74) is 2.52. The van der Waals surface area contributed by atoms with Crippen molar-refractivity contribution in [1.29, 1.82) is 0 Å². The van der Waals surface area contributed by atoms with E-state index in [0.717, 1.165) is 37.4 Å². The fourth-order valence-corrected chi connectivity index (χ4v) is 3.44. The van der Waals surface area contributed by atoms with Crippen molar-refractivity contribution in [2.75, 3.05) is 18.0 Å². The fourth-order valence-electron chi connectivity index (χ4n) is 3.44. The molecular weight excluding hydrogens is 330 g/mol. The molecule has 134 valence electrons. The van der Waals surface area contributed by atoms with Gasteiger partial charge in [0.15, 0.2) is 5.65 Å². The van der Waals surface area contributed by atoms with E-state index in [1.807, 2.05) is 18.7 Å². The molecule has 26 heavy (non-hydrogen) atoms. The Morgan fingerprint density at radius 3 is 2.92 bits per heavy atom. The van der Waals surface area contributed by atoms with Crippen molar-refractivity contribution in [2.45, 2.75) is 25.8 Å². The number of aryl methyl sites for hydroxylation is 2. The van der Waals surface area contributed by atoms with E-state index in [0.29, 0.717) is 16.9 Å². The van der Waals surface area contributed by atoms with Crippen LogP contribution in [-0.2, 0) is 7.05 Å². The normalized spacial score (nSPS) is 17.5. The zero-order chi connectivity index (χ0) is 18.1. The Morgan fingerprint density at radius 1 is 1.27 bits per heavy atom. The second-order valence-electron chi connectivity index (χ2n) is 6.62. The molecule has 4 heterocycles. The molecule has 0 aliphatic carbocycles. The number of amides is 1. The summed E-state index contributed by atoms with van der Waals surface area (Å²) in [6.07, 6.45) is 5.16. The van der Waals surface area contributed by atoms with E-state index >= 15 is 0 Å². The summed E-state index contributed by atoms with van der Waals surface area (Å²) >= 11 is 0. The molecule has 0 bridgehead atoms. The Labute approximate surface area is 151 Å². The summed E-state index contributed by atoms with van der Waals surface area (Å²) in [7, 11) is 1.95. The highest BCUT2D eigenvalue weighted by molar-refractivity contribution is 5.94. The largest absolute Gasteiger partial charge is 0.355 e. The first-order valence-corrected chi connectivity index (χ1v) is 8.74. The number of aromatic nitrogens is 5. The topological polar surface area (TPSA) is 88.8 Å². The Kier molecular flexibility index (Phi) is 4.24. The van der Waals surface area contributed by atoms with E-state index in [-0.39, 0.29) is 11.9 Å². The van der Waals surface area contributed by atoms with E-state index in [4.69, 9.17) is 0 Å². The number of piperidine rings is 1. The van der Waals surface area contributed by atoms with Crippen LogP contribution in [0.15, 0.2) is 30.6 Å². The van der Waals surface area contributed by atoms with Crippen molar-refractivity contribution in [3.63, 3.8) is 0 Å². The van der Waals surface area contributed by atoms with Crippen LogP contribution in [0.3, 0.4) is 0 Å². The van der Waals surface area contributed by atoms with E-state index in [1.54, 1.807) is 24.5 Å². The van der Waals surface area contributed by atoms with Crippen molar-refractivity contribution >= 4 is 22.9 Å². The van der Waals surface area contributed by atoms with Gasteiger partial charge < -0.3 is 10.2 Å². The molecule has 0 radical (unpaired) electrons. The molecule has 0 spiro atoms. The van der Waals surface area contributed by atoms with Crippen LogP contribution in [-0.4, -0.2) is 49.8 Å². The maximum absolute atomic E-state index is 12.6. The Hall–Kier alpha value is -3.03. The average molecular weight is 351 g/mol. The highest BCUT2D eigenvalue weighted by atomic mass is 16.1. The van der Waals surface area contributed by atoms with Crippen molar-refractivity contribution in [1.82, 2.24) is 30.0 Å². The van der Waals surface area contributed by atoms with Gasteiger partial charge in [0.25, 0.3) is 5.91 Å². The number of rotatable bonds is 3. The van der Waals surface area contributed by atoms with Crippen LogP contribution in [0.25, 0.3) is 11.2 Å². The zero-order valence-corrected chi connectivity index (χ0v) is 14.9. The first-order valence-electron chi connectivity index (χ1n) is 8.74. The number of hydrogen-bond donors (Lipinski definition) is 1. The van der Waals surface area contributed by atoms with Crippen LogP contribution >= 0.6 is 0 Å². The molecule has 8 nitrogen and oxygen atoms in total. The van der Waals surface area contributed by atoms with Gasteiger partial charge in [-0.25, -0.2) is 9.97 Å². The highest BCUT2D eigenvalue weighted by Crippen LogP contribution is 2.20. The van der Waals surface area contributed by atoms with Crippen LogP contribution < -0.4 is 10.2 Å². The number of carbonyl (C=O) groups excluding carboxylic acids is 1. The molecule has 0 saturated carbocycles. The number of anilines is 1. The SMILES string of the molecule is Cc1cc(N2CCCC(NC(=O)c3ccc4nccnc4n3)C2)n(C)n1. The molecule has 3 aromatic rings.